The summed E-state index contributed by atoms with van der Waals surface area (Å²) in [4.78, 5) is 30.2. The molecule has 1 aliphatic rings. The Bertz CT molecular complexity index is 1140. The van der Waals surface area contributed by atoms with Gasteiger partial charge in [-0.3, -0.25) is 9.59 Å². The zero-order valence-electron chi connectivity index (χ0n) is 18.6. The first-order chi connectivity index (χ1) is 16.0. The van der Waals surface area contributed by atoms with Gasteiger partial charge in [0.2, 0.25) is 0 Å². The standard InChI is InChI=1S/C26H26N2O4S/c1-27(2)14-15-28-23(21-9-6-16-33-21)22(25(30)26(28)31)24(29)19-10-12-20(13-11-19)32-17-18-7-4-3-5-8-18/h3-13,16,23,29H,14-15,17H2,1-2H3. The van der Waals surface area contributed by atoms with Gasteiger partial charge in [-0.15, -0.1) is 11.3 Å². The van der Waals surface area contributed by atoms with Gasteiger partial charge >= 0.3 is 0 Å². The normalized spacial score (nSPS) is 17.7. The second-order valence-electron chi connectivity index (χ2n) is 8.11. The smallest absolute Gasteiger partial charge is 0.295 e. The molecule has 0 bridgehead atoms. The van der Waals surface area contributed by atoms with Crippen LogP contribution in [-0.4, -0.2) is 53.8 Å². The molecule has 1 atom stereocenters. The number of hydrogen-bond acceptors (Lipinski definition) is 6. The first-order valence-electron chi connectivity index (χ1n) is 10.7. The fourth-order valence-corrected chi connectivity index (χ4v) is 4.61. The van der Waals surface area contributed by atoms with Gasteiger partial charge in [0.25, 0.3) is 11.7 Å². The summed E-state index contributed by atoms with van der Waals surface area (Å²) >= 11 is 1.46. The molecule has 1 aliphatic heterocycles. The van der Waals surface area contributed by atoms with Crippen molar-refractivity contribution in [3.63, 3.8) is 0 Å². The molecule has 3 aromatic rings. The van der Waals surface area contributed by atoms with Crippen molar-refractivity contribution in [2.75, 3.05) is 27.2 Å². The van der Waals surface area contributed by atoms with E-state index in [1.54, 1.807) is 29.2 Å². The second kappa shape index (κ2) is 10.0. The van der Waals surface area contributed by atoms with Crippen LogP contribution in [-0.2, 0) is 16.2 Å². The maximum absolute atomic E-state index is 13.0. The van der Waals surface area contributed by atoms with E-state index in [9.17, 15) is 14.7 Å². The fraction of sp³-hybridized carbons (Fsp3) is 0.231. The highest BCUT2D eigenvalue weighted by Gasteiger charge is 2.46. The van der Waals surface area contributed by atoms with Gasteiger partial charge < -0.3 is 19.6 Å². The molecule has 0 radical (unpaired) electrons. The quantitative estimate of drug-likeness (QED) is 0.307. The van der Waals surface area contributed by atoms with Crippen molar-refractivity contribution >= 4 is 28.8 Å². The summed E-state index contributed by atoms with van der Waals surface area (Å²) in [5.41, 5.74) is 1.64. The van der Waals surface area contributed by atoms with Crippen LogP contribution < -0.4 is 4.74 Å². The van der Waals surface area contributed by atoms with Crippen molar-refractivity contribution < 1.29 is 19.4 Å². The zero-order chi connectivity index (χ0) is 23.4. The highest BCUT2D eigenvalue weighted by molar-refractivity contribution is 7.10. The van der Waals surface area contributed by atoms with Crippen LogP contribution in [0.2, 0.25) is 0 Å². The lowest BCUT2D eigenvalue weighted by Gasteiger charge is -2.25. The Morgan fingerprint density at radius 3 is 2.39 bits per heavy atom. The minimum absolute atomic E-state index is 0.124. The number of benzene rings is 2. The van der Waals surface area contributed by atoms with Crippen molar-refractivity contribution in [2.24, 2.45) is 0 Å². The van der Waals surface area contributed by atoms with E-state index in [1.807, 2.05) is 66.8 Å². The first-order valence-corrected chi connectivity index (χ1v) is 11.6. The molecule has 6 nitrogen and oxygen atoms in total. The van der Waals surface area contributed by atoms with E-state index in [0.29, 0.717) is 31.0 Å². The number of Topliss-reactive ketones (excluding diaryl/α,β-unsaturated/α-hetero) is 1. The van der Waals surface area contributed by atoms with E-state index in [0.717, 1.165) is 10.4 Å². The Morgan fingerprint density at radius 2 is 1.76 bits per heavy atom. The molecule has 2 aromatic carbocycles. The lowest BCUT2D eigenvalue weighted by atomic mass is 10.00. The monoisotopic (exact) mass is 462 g/mol. The third kappa shape index (κ3) is 4.99. The number of aliphatic hydroxyl groups is 1. The molecule has 0 aliphatic carbocycles. The largest absolute Gasteiger partial charge is 0.507 e. The number of ether oxygens (including phenoxy) is 1. The minimum atomic E-state index is -0.658. The van der Waals surface area contributed by atoms with Gasteiger partial charge in [0.15, 0.2) is 0 Å². The molecule has 33 heavy (non-hydrogen) atoms. The average molecular weight is 463 g/mol. The maximum Gasteiger partial charge on any atom is 0.295 e. The number of hydrogen-bond donors (Lipinski definition) is 1. The van der Waals surface area contributed by atoms with E-state index in [-0.39, 0.29) is 11.3 Å². The summed E-state index contributed by atoms with van der Waals surface area (Å²) in [5.74, 6) is -0.765. The molecule has 1 unspecified atom stereocenters. The molecular formula is C26H26N2O4S. The molecule has 1 aromatic heterocycles. The summed E-state index contributed by atoms with van der Waals surface area (Å²) in [6.07, 6.45) is 0. The van der Waals surface area contributed by atoms with E-state index < -0.39 is 17.7 Å². The predicted octanol–water partition coefficient (Wildman–Crippen LogP) is 4.31. The molecule has 1 amide bonds. The van der Waals surface area contributed by atoms with E-state index in [2.05, 4.69) is 0 Å². The van der Waals surface area contributed by atoms with E-state index in [1.165, 1.54) is 11.3 Å². The molecule has 1 N–H and O–H groups in total. The van der Waals surface area contributed by atoms with Gasteiger partial charge in [-0.05, 0) is 55.4 Å². The van der Waals surface area contributed by atoms with Gasteiger partial charge in [-0.2, -0.15) is 0 Å². The Balaban J connectivity index is 1.61. The van der Waals surface area contributed by atoms with Crippen molar-refractivity contribution in [1.82, 2.24) is 9.80 Å². The number of amides is 1. The Morgan fingerprint density at radius 1 is 1.03 bits per heavy atom. The van der Waals surface area contributed by atoms with E-state index >= 15 is 0 Å². The summed E-state index contributed by atoms with van der Waals surface area (Å²) < 4.78 is 5.81. The zero-order valence-corrected chi connectivity index (χ0v) is 19.4. The second-order valence-corrected chi connectivity index (χ2v) is 9.09. The van der Waals surface area contributed by atoms with Crippen LogP contribution >= 0.6 is 11.3 Å². The van der Waals surface area contributed by atoms with Gasteiger partial charge in [-0.25, -0.2) is 0 Å². The fourth-order valence-electron chi connectivity index (χ4n) is 3.77. The minimum Gasteiger partial charge on any atom is -0.507 e. The third-order valence-electron chi connectivity index (χ3n) is 5.52. The predicted molar refractivity (Wildman–Crippen MR) is 129 cm³/mol. The lowest BCUT2D eigenvalue weighted by molar-refractivity contribution is -0.140. The van der Waals surface area contributed by atoms with Crippen LogP contribution in [0, 0.1) is 0 Å². The summed E-state index contributed by atoms with van der Waals surface area (Å²) in [6.45, 7) is 1.44. The molecular weight excluding hydrogens is 436 g/mol. The van der Waals surface area contributed by atoms with Crippen molar-refractivity contribution in [3.8, 4) is 5.75 Å². The van der Waals surface area contributed by atoms with Crippen molar-refractivity contribution in [2.45, 2.75) is 12.6 Å². The first kappa shape index (κ1) is 22.8. The molecule has 1 fully saturated rings. The number of carbonyl (C=O) groups excluding carboxylic acids is 2. The molecule has 0 saturated carbocycles. The van der Waals surface area contributed by atoms with Gasteiger partial charge in [-0.1, -0.05) is 36.4 Å². The highest BCUT2D eigenvalue weighted by atomic mass is 32.1. The number of carbonyl (C=O) groups is 2. The van der Waals surface area contributed by atoms with Crippen LogP contribution in [0.1, 0.15) is 22.0 Å². The number of likely N-dealkylation sites (N-methyl/N-ethyl adjacent to an activating group) is 1. The molecule has 0 spiro atoms. The maximum atomic E-state index is 13.0. The molecule has 170 valence electrons. The van der Waals surface area contributed by atoms with Gasteiger partial charge in [0.05, 0.1) is 11.6 Å². The number of nitrogens with zero attached hydrogens (tertiary/aromatic N) is 2. The third-order valence-corrected chi connectivity index (χ3v) is 6.44. The SMILES string of the molecule is CN(C)CCN1C(=O)C(=O)C(=C(O)c2ccc(OCc3ccccc3)cc2)C1c1cccs1. The van der Waals surface area contributed by atoms with Crippen LogP contribution in [0.25, 0.3) is 5.76 Å². The number of likely N-dealkylation sites (tertiary alicyclic amines) is 1. The van der Waals surface area contributed by atoms with Crippen LogP contribution in [0.15, 0.2) is 77.7 Å². The van der Waals surface area contributed by atoms with Gasteiger partial charge in [0, 0.05) is 23.5 Å². The van der Waals surface area contributed by atoms with Crippen LogP contribution in [0.3, 0.4) is 0 Å². The number of ketones is 1. The number of rotatable bonds is 8. The topological polar surface area (TPSA) is 70.1 Å². The van der Waals surface area contributed by atoms with Crippen LogP contribution in [0.5, 0.6) is 5.75 Å². The molecule has 2 heterocycles. The Kier molecular flexibility index (Phi) is 6.91. The average Bonchev–Trinajstić information content (AvgIpc) is 3.44. The number of aliphatic hydroxyl groups excluding tert-OH is 1. The van der Waals surface area contributed by atoms with Crippen molar-refractivity contribution in [3.05, 3.63) is 93.7 Å². The molecule has 4 rings (SSSR count). The Labute approximate surface area is 197 Å². The molecule has 7 heteroatoms. The molecule has 1 saturated heterocycles. The lowest BCUT2D eigenvalue weighted by Crippen LogP contribution is -2.35. The van der Waals surface area contributed by atoms with Crippen molar-refractivity contribution in [1.29, 1.82) is 0 Å². The van der Waals surface area contributed by atoms with Gasteiger partial charge in [0.1, 0.15) is 18.1 Å². The van der Waals surface area contributed by atoms with E-state index in [4.69, 9.17) is 4.74 Å². The number of thiophene rings is 1. The summed E-state index contributed by atoms with van der Waals surface area (Å²) in [6, 6.07) is 19.9. The summed E-state index contributed by atoms with van der Waals surface area (Å²) in [7, 11) is 3.83. The summed E-state index contributed by atoms with van der Waals surface area (Å²) in [5, 5.41) is 13.0. The Hall–Kier alpha value is -3.42. The highest BCUT2D eigenvalue weighted by Crippen LogP contribution is 2.41. The van der Waals surface area contributed by atoms with Crippen LogP contribution in [0.4, 0.5) is 0 Å².